The van der Waals surface area contributed by atoms with Crippen LogP contribution in [0.4, 0.5) is 28.8 Å². The van der Waals surface area contributed by atoms with Crippen molar-refractivity contribution in [1.29, 1.82) is 0 Å². The van der Waals surface area contributed by atoms with E-state index >= 15 is 0 Å². The van der Waals surface area contributed by atoms with Gasteiger partial charge in [-0.1, -0.05) is 12.1 Å². The number of fused-ring (bicyclic) bond motifs is 2. The minimum Gasteiger partial charge on any atom is -0.495 e. The average Bonchev–Trinajstić information content (AvgIpc) is 3.13. The number of methoxy groups -OCH3 is 1. The number of hydrogen-bond acceptors (Lipinski definition) is 9. The zero-order chi connectivity index (χ0) is 30.1. The van der Waals surface area contributed by atoms with Crippen LogP contribution < -0.4 is 19.9 Å². The van der Waals surface area contributed by atoms with Crippen molar-refractivity contribution >= 4 is 63.5 Å². The van der Waals surface area contributed by atoms with Gasteiger partial charge < -0.3 is 24.8 Å². The molecule has 3 aliphatic rings. The molecular weight excluding hydrogens is 659 g/mol. The summed E-state index contributed by atoms with van der Waals surface area (Å²) < 4.78 is 8.03. The fourth-order valence-electron chi connectivity index (χ4n) is 6.22. The van der Waals surface area contributed by atoms with Gasteiger partial charge in [-0.25, -0.2) is 8.10 Å². The molecule has 1 N–H and O–H groups in total. The fraction of sp³-hybridized carbons (Fsp3) is 0.419. The lowest BCUT2D eigenvalue weighted by atomic mass is 10.0. The number of anilines is 5. The van der Waals surface area contributed by atoms with Crippen molar-refractivity contribution < 1.29 is 14.3 Å². The number of nitrogens with one attached hydrogen (secondary N) is 1. The third-order valence-electron chi connectivity index (χ3n) is 8.64. The molecule has 43 heavy (non-hydrogen) atoms. The van der Waals surface area contributed by atoms with E-state index in [1.807, 2.05) is 60.2 Å². The Morgan fingerprint density at radius 3 is 2.51 bits per heavy atom. The van der Waals surface area contributed by atoms with E-state index in [4.69, 9.17) is 9.72 Å². The molecule has 0 unspecified atom stereocenters. The molecule has 1 aromatic heterocycles. The third-order valence-corrected chi connectivity index (χ3v) is 9.60. The predicted molar refractivity (Wildman–Crippen MR) is 176 cm³/mol. The molecule has 0 saturated carbocycles. The number of hydrogen-bond donors (Lipinski definition) is 1. The molecule has 0 radical (unpaired) electrons. The maximum absolute atomic E-state index is 13.4. The molecule has 2 amide bonds. The number of piperidine rings is 1. The summed E-state index contributed by atoms with van der Waals surface area (Å²) in [6, 6.07) is 13.5. The second kappa shape index (κ2) is 12.6. The van der Waals surface area contributed by atoms with Crippen molar-refractivity contribution in [2.45, 2.75) is 25.8 Å². The van der Waals surface area contributed by atoms with Crippen LogP contribution in [0.1, 0.15) is 40.5 Å². The number of halogens is 1. The summed E-state index contributed by atoms with van der Waals surface area (Å²) in [4.78, 5) is 44.2. The minimum absolute atomic E-state index is 0.0197. The zero-order valence-electron chi connectivity index (χ0n) is 24.8. The van der Waals surface area contributed by atoms with Gasteiger partial charge in [0.1, 0.15) is 11.4 Å². The van der Waals surface area contributed by atoms with Crippen molar-refractivity contribution in [3.63, 3.8) is 0 Å². The molecule has 11 nitrogen and oxygen atoms in total. The summed E-state index contributed by atoms with van der Waals surface area (Å²) in [5.41, 5.74) is 3.27. The van der Waals surface area contributed by atoms with Gasteiger partial charge in [0, 0.05) is 87.3 Å². The van der Waals surface area contributed by atoms with E-state index in [-0.39, 0.29) is 11.8 Å². The van der Waals surface area contributed by atoms with Gasteiger partial charge in [-0.2, -0.15) is 4.98 Å². The van der Waals surface area contributed by atoms with Crippen LogP contribution in [0.3, 0.4) is 0 Å². The highest BCUT2D eigenvalue weighted by Gasteiger charge is 2.31. The molecule has 2 aromatic carbocycles. The molecule has 0 bridgehead atoms. The van der Waals surface area contributed by atoms with E-state index in [1.54, 1.807) is 24.3 Å². The van der Waals surface area contributed by atoms with Crippen LogP contribution in [-0.4, -0.2) is 101 Å². The smallest absolute Gasteiger partial charge is 0.260 e. The van der Waals surface area contributed by atoms with Crippen LogP contribution in [0.2, 0.25) is 0 Å². The largest absolute Gasteiger partial charge is 0.495 e. The average molecular weight is 697 g/mol. The molecule has 12 heteroatoms. The molecule has 6 rings (SSSR count). The Morgan fingerprint density at radius 1 is 1.05 bits per heavy atom. The van der Waals surface area contributed by atoms with Crippen LogP contribution in [0, 0.1) is 0 Å². The number of carbonyl (C=O) groups excluding carboxylic acids is 2. The number of rotatable bonds is 6. The highest BCUT2D eigenvalue weighted by Crippen LogP contribution is 2.39. The first-order valence-electron chi connectivity index (χ1n) is 14.8. The van der Waals surface area contributed by atoms with Crippen molar-refractivity contribution in [2.75, 3.05) is 75.1 Å². The minimum atomic E-state index is -0.0850. The molecule has 3 aromatic rings. The fourth-order valence-corrected chi connectivity index (χ4v) is 6.65. The summed E-state index contributed by atoms with van der Waals surface area (Å²) in [5, 5.41) is 3.26. The number of ether oxygens (including phenoxy) is 1. The number of benzene rings is 2. The van der Waals surface area contributed by atoms with Crippen LogP contribution in [0.5, 0.6) is 5.75 Å². The first-order chi connectivity index (χ1) is 20.9. The number of likely N-dealkylation sites (tertiary alicyclic amines) is 1. The predicted octanol–water partition coefficient (Wildman–Crippen LogP) is 4.55. The van der Waals surface area contributed by atoms with E-state index in [9.17, 15) is 9.59 Å². The normalized spacial score (nSPS) is 18.2. The van der Waals surface area contributed by atoms with Crippen molar-refractivity contribution in [3.8, 4) is 5.75 Å². The topological polar surface area (TPSA) is 97.4 Å². The van der Waals surface area contributed by atoms with E-state index in [2.05, 4.69) is 41.2 Å². The molecule has 226 valence electrons. The summed E-state index contributed by atoms with van der Waals surface area (Å²) >= 11 is 2.40. The molecule has 0 atom stereocenters. The van der Waals surface area contributed by atoms with E-state index in [0.29, 0.717) is 52.6 Å². The number of aromatic nitrogens is 2. The van der Waals surface area contributed by atoms with Crippen molar-refractivity contribution in [3.05, 3.63) is 59.8 Å². The van der Waals surface area contributed by atoms with Gasteiger partial charge in [0.25, 0.3) is 11.8 Å². The van der Waals surface area contributed by atoms with Gasteiger partial charge in [-0.05, 0) is 50.1 Å². The molecular formula is C31H37IN8O3. The van der Waals surface area contributed by atoms with E-state index in [0.717, 1.165) is 57.8 Å². The Labute approximate surface area is 266 Å². The number of para-hydroxylation sites is 1. The highest BCUT2D eigenvalue weighted by molar-refractivity contribution is 14.1. The summed E-state index contributed by atoms with van der Waals surface area (Å²) in [6.45, 7) is 8.32. The molecule has 0 spiro atoms. The van der Waals surface area contributed by atoms with Crippen LogP contribution in [0.15, 0.2) is 48.7 Å². The zero-order valence-corrected chi connectivity index (χ0v) is 27.0. The Morgan fingerprint density at radius 2 is 1.79 bits per heavy atom. The van der Waals surface area contributed by atoms with Gasteiger partial charge in [-0.3, -0.25) is 14.5 Å². The Balaban J connectivity index is 1.18. The van der Waals surface area contributed by atoms with Gasteiger partial charge in [0.2, 0.25) is 5.95 Å². The SMILES string of the molecule is CCN1C(=O)c2ccccc2N(C)c2nc(Nc3ccc(C(=O)N4CCC(N5CCN(I)CC5)CC4)cc3OC)ncc21. The Bertz CT molecular complexity index is 1500. The van der Waals surface area contributed by atoms with Crippen LogP contribution >= 0.6 is 22.9 Å². The lowest BCUT2D eigenvalue weighted by Crippen LogP contribution is -2.52. The maximum Gasteiger partial charge on any atom is 0.260 e. The van der Waals surface area contributed by atoms with Crippen LogP contribution in [-0.2, 0) is 0 Å². The van der Waals surface area contributed by atoms with Gasteiger partial charge in [0.05, 0.1) is 30.2 Å². The number of piperazine rings is 1. The summed E-state index contributed by atoms with van der Waals surface area (Å²) in [7, 11) is 3.48. The second-order valence-electron chi connectivity index (χ2n) is 11.0. The van der Waals surface area contributed by atoms with Crippen molar-refractivity contribution in [1.82, 2.24) is 22.9 Å². The molecule has 3 aliphatic heterocycles. The van der Waals surface area contributed by atoms with Gasteiger partial charge >= 0.3 is 0 Å². The number of carbonyl (C=O) groups is 2. The second-order valence-corrected chi connectivity index (χ2v) is 12.4. The summed E-state index contributed by atoms with van der Waals surface area (Å²) in [5.74, 6) is 1.43. The highest BCUT2D eigenvalue weighted by atomic mass is 127. The summed E-state index contributed by atoms with van der Waals surface area (Å²) in [6.07, 6.45) is 3.67. The standard InChI is InChI=1S/C31H37IN8O3/c1-4-40-26-20-33-31(35-28(26)36(2)25-8-6-5-7-23(25)30(40)42)34-24-10-9-21(19-27(24)43-3)29(41)38-13-11-22(12-14-38)37-15-17-39(32)18-16-37/h5-10,19-20,22H,4,11-18H2,1-3H3,(H,33,34,35). The van der Waals surface area contributed by atoms with Crippen LogP contribution in [0.25, 0.3) is 0 Å². The molecule has 2 fully saturated rings. The van der Waals surface area contributed by atoms with Gasteiger partial charge in [-0.15, -0.1) is 0 Å². The lowest BCUT2D eigenvalue weighted by molar-refractivity contribution is 0.0576. The van der Waals surface area contributed by atoms with Crippen molar-refractivity contribution in [2.24, 2.45) is 0 Å². The molecule has 4 heterocycles. The third kappa shape index (κ3) is 5.87. The molecule has 2 saturated heterocycles. The first kappa shape index (κ1) is 29.6. The lowest BCUT2D eigenvalue weighted by Gasteiger charge is -2.41. The van der Waals surface area contributed by atoms with E-state index < -0.39 is 0 Å². The Hall–Kier alpha value is -3.49. The monoisotopic (exact) mass is 696 g/mol. The number of nitrogens with zero attached hydrogens (tertiary/aromatic N) is 7. The quantitative estimate of drug-likeness (QED) is 0.294. The number of amides is 2. The molecule has 0 aliphatic carbocycles. The maximum atomic E-state index is 13.4. The van der Waals surface area contributed by atoms with E-state index in [1.165, 1.54) is 0 Å². The Kier molecular flexibility index (Phi) is 8.68. The van der Waals surface area contributed by atoms with Gasteiger partial charge in [0.15, 0.2) is 5.82 Å². The first-order valence-corrected chi connectivity index (χ1v) is 15.7.